The molecule has 1 aromatic rings. The highest BCUT2D eigenvalue weighted by Gasteiger charge is 2.39. The summed E-state index contributed by atoms with van der Waals surface area (Å²) in [5, 5.41) is 19.6. The van der Waals surface area contributed by atoms with Crippen LogP contribution in [0, 0.1) is 17.2 Å². The zero-order valence-electron chi connectivity index (χ0n) is 10.9. The quantitative estimate of drug-likeness (QED) is 0.873. The van der Waals surface area contributed by atoms with Crippen molar-refractivity contribution in [2.24, 2.45) is 11.3 Å². The maximum atomic E-state index is 13.5. The molecule has 2 nitrogen and oxygen atoms in total. The van der Waals surface area contributed by atoms with Crippen LogP contribution in [-0.4, -0.2) is 23.4 Å². The van der Waals surface area contributed by atoms with Gasteiger partial charge in [0.15, 0.2) is 0 Å². The fourth-order valence-corrected chi connectivity index (χ4v) is 3.28. The normalized spacial score (nSPS) is 17.1. The van der Waals surface area contributed by atoms with Gasteiger partial charge in [0.2, 0.25) is 0 Å². The van der Waals surface area contributed by atoms with Crippen molar-refractivity contribution in [2.45, 2.75) is 32.1 Å². The first-order valence-corrected chi connectivity index (χ1v) is 7.15. The van der Waals surface area contributed by atoms with Crippen molar-refractivity contribution in [2.75, 3.05) is 13.2 Å². The number of hydrogen-bond acceptors (Lipinski definition) is 2. The molecule has 0 spiro atoms. The third-order valence-electron chi connectivity index (χ3n) is 4.39. The summed E-state index contributed by atoms with van der Waals surface area (Å²) in [6, 6.07) is 4.69. The molecule has 0 heterocycles. The second kappa shape index (κ2) is 6.21. The van der Waals surface area contributed by atoms with E-state index in [0.717, 1.165) is 31.2 Å². The smallest absolute Gasteiger partial charge is 0.142 e. The summed E-state index contributed by atoms with van der Waals surface area (Å²) in [7, 11) is 0. The second-order valence-electron chi connectivity index (χ2n) is 5.59. The Labute approximate surface area is 118 Å². The highest BCUT2D eigenvalue weighted by molar-refractivity contribution is 6.30. The van der Waals surface area contributed by atoms with Gasteiger partial charge in [-0.1, -0.05) is 30.5 Å². The third-order valence-corrected chi connectivity index (χ3v) is 4.70. The van der Waals surface area contributed by atoms with Crippen molar-refractivity contribution < 1.29 is 14.6 Å². The molecule has 1 saturated carbocycles. The SMILES string of the molecule is OCC(CO)(Cc1ccc(Cl)c(F)c1)C1CCCC1. The van der Waals surface area contributed by atoms with Crippen molar-refractivity contribution in [1.29, 1.82) is 0 Å². The monoisotopic (exact) mass is 286 g/mol. The average molecular weight is 287 g/mol. The number of hydrogen-bond donors (Lipinski definition) is 2. The van der Waals surface area contributed by atoms with Crippen LogP contribution in [0.4, 0.5) is 4.39 Å². The highest BCUT2D eigenvalue weighted by atomic mass is 35.5. The Balaban J connectivity index is 2.21. The van der Waals surface area contributed by atoms with E-state index < -0.39 is 11.2 Å². The lowest BCUT2D eigenvalue weighted by molar-refractivity contribution is 0.00566. The van der Waals surface area contributed by atoms with Crippen LogP contribution in [0.3, 0.4) is 0 Å². The molecular formula is C15H20ClFO2. The molecule has 0 aromatic heterocycles. The second-order valence-corrected chi connectivity index (χ2v) is 5.99. The lowest BCUT2D eigenvalue weighted by atomic mass is 9.71. The molecule has 0 saturated heterocycles. The zero-order valence-corrected chi connectivity index (χ0v) is 11.7. The van der Waals surface area contributed by atoms with Gasteiger partial charge >= 0.3 is 0 Å². The lowest BCUT2D eigenvalue weighted by Gasteiger charge is -2.36. The van der Waals surface area contributed by atoms with Gasteiger partial charge in [-0.3, -0.25) is 0 Å². The summed E-state index contributed by atoms with van der Waals surface area (Å²) in [5.41, 5.74) is 0.230. The zero-order chi connectivity index (χ0) is 13.9. The van der Waals surface area contributed by atoms with E-state index in [1.165, 1.54) is 12.1 Å². The van der Waals surface area contributed by atoms with Crippen LogP contribution < -0.4 is 0 Å². The minimum absolute atomic E-state index is 0.0710. The molecule has 0 radical (unpaired) electrons. The van der Waals surface area contributed by atoms with E-state index in [2.05, 4.69) is 0 Å². The van der Waals surface area contributed by atoms with Crippen molar-refractivity contribution >= 4 is 11.6 Å². The van der Waals surface area contributed by atoms with Crippen molar-refractivity contribution in [3.63, 3.8) is 0 Å². The maximum absolute atomic E-state index is 13.5. The summed E-state index contributed by atoms with van der Waals surface area (Å²) >= 11 is 5.67. The standard InChI is InChI=1S/C15H20ClFO2/c16-13-6-5-11(7-14(13)17)8-15(9-18,10-19)12-3-1-2-4-12/h5-7,12,18-19H,1-4,8-10H2. The van der Waals surface area contributed by atoms with Crippen molar-refractivity contribution in [3.05, 3.63) is 34.6 Å². The molecule has 0 bridgehead atoms. The van der Waals surface area contributed by atoms with Crippen molar-refractivity contribution in [3.8, 4) is 0 Å². The van der Waals surface area contributed by atoms with Gasteiger partial charge < -0.3 is 10.2 Å². The van der Waals surface area contributed by atoms with E-state index >= 15 is 0 Å². The van der Waals surface area contributed by atoms with E-state index in [1.807, 2.05) is 0 Å². The van der Waals surface area contributed by atoms with E-state index in [0.29, 0.717) is 12.3 Å². The minimum atomic E-state index is -0.545. The Morgan fingerprint density at radius 3 is 2.37 bits per heavy atom. The highest BCUT2D eigenvalue weighted by Crippen LogP contribution is 2.42. The first kappa shape index (κ1) is 14.8. The number of rotatable bonds is 5. The van der Waals surface area contributed by atoms with Gasteiger partial charge in [0.1, 0.15) is 5.82 Å². The number of aliphatic hydroxyl groups is 2. The largest absolute Gasteiger partial charge is 0.396 e. The van der Waals surface area contributed by atoms with E-state index in [1.54, 1.807) is 6.07 Å². The molecule has 1 aromatic carbocycles. The first-order chi connectivity index (χ1) is 9.11. The van der Waals surface area contributed by atoms with Crippen LogP contribution in [0.1, 0.15) is 31.2 Å². The third kappa shape index (κ3) is 3.10. The van der Waals surface area contributed by atoms with Crippen LogP contribution in [0.2, 0.25) is 5.02 Å². The molecule has 1 aliphatic rings. The Bertz CT molecular complexity index is 426. The van der Waals surface area contributed by atoms with E-state index in [9.17, 15) is 14.6 Å². The predicted molar refractivity (Wildman–Crippen MR) is 73.7 cm³/mol. The van der Waals surface area contributed by atoms with Crippen LogP contribution in [0.25, 0.3) is 0 Å². The molecule has 19 heavy (non-hydrogen) atoms. The van der Waals surface area contributed by atoms with Gasteiger partial charge in [-0.05, 0) is 42.9 Å². The molecule has 0 aliphatic heterocycles. The molecule has 106 valence electrons. The molecule has 0 unspecified atom stereocenters. The number of aliphatic hydroxyl groups excluding tert-OH is 2. The summed E-state index contributed by atoms with van der Waals surface area (Å²) in [4.78, 5) is 0. The van der Waals surface area contributed by atoms with Gasteiger partial charge in [0.25, 0.3) is 0 Å². The van der Waals surface area contributed by atoms with Gasteiger partial charge in [-0.25, -0.2) is 4.39 Å². The molecule has 0 atom stereocenters. The Kier molecular flexibility index (Phi) is 4.82. The molecule has 2 N–H and O–H groups in total. The molecule has 0 amide bonds. The summed E-state index contributed by atoms with van der Waals surface area (Å²) in [6.45, 7) is -0.142. The molecule has 1 aliphatic carbocycles. The summed E-state index contributed by atoms with van der Waals surface area (Å²) in [5.74, 6) is -0.142. The number of benzene rings is 1. The van der Waals surface area contributed by atoms with Crippen LogP contribution >= 0.6 is 11.6 Å². The molecular weight excluding hydrogens is 267 g/mol. The Morgan fingerprint density at radius 1 is 1.21 bits per heavy atom. The van der Waals surface area contributed by atoms with Gasteiger partial charge in [0.05, 0.1) is 18.2 Å². The molecule has 1 fully saturated rings. The van der Waals surface area contributed by atoms with Gasteiger partial charge in [-0.15, -0.1) is 0 Å². The molecule has 4 heteroatoms. The average Bonchev–Trinajstić information content (AvgIpc) is 2.95. The minimum Gasteiger partial charge on any atom is -0.396 e. The van der Waals surface area contributed by atoms with Gasteiger partial charge in [-0.2, -0.15) is 0 Å². The number of halogens is 2. The fourth-order valence-electron chi connectivity index (χ4n) is 3.16. The fraction of sp³-hybridized carbons (Fsp3) is 0.600. The van der Waals surface area contributed by atoms with E-state index in [4.69, 9.17) is 11.6 Å². The Hall–Kier alpha value is -0.640. The van der Waals surface area contributed by atoms with Crippen molar-refractivity contribution in [1.82, 2.24) is 0 Å². The van der Waals surface area contributed by atoms with Gasteiger partial charge in [0, 0.05) is 5.41 Å². The summed E-state index contributed by atoms with van der Waals surface area (Å²) in [6.07, 6.45) is 4.82. The maximum Gasteiger partial charge on any atom is 0.142 e. The van der Waals surface area contributed by atoms with Crippen LogP contribution in [0.5, 0.6) is 0 Å². The first-order valence-electron chi connectivity index (χ1n) is 6.77. The molecule has 2 rings (SSSR count). The lowest BCUT2D eigenvalue weighted by Crippen LogP contribution is -2.39. The van der Waals surface area contributed by atoms with Crippen LogP contribution in [-0.2, 0) is 6.42 Å². The van der Waals surface area contributed by atoms with E-state index in [-0.39, 0.29) is 18.2 Å². The Morgan fingerprint density at radius 2 is 1.84 bits per heavy atom. The van der Waals surface area contributed by atoms with Crippen LogP contribution in [0.15, 0.2) is 18.2 Å². The summed E-state index contributed by atoms with van der Waals surface area (Å²) < 4.78 is 13.5. The predicted octanol–water partition coefficient (Wildman–Crippen LogP) is 3.18. The topological polar surface area (TPSA) is 40.5 Å².